The summed E-state index contributed by atoms with van der Waals surface area (Å²) in [5, 5.41) is 10.1. The zero-order chi connectivity index (χ0) is 16.7. The highest BCUT2D eigenvalue weighted by Crippen LogP contribution is 2.14. The van der Waals surface area contributed by atoms with E-state index in [1.54, 1.807) is 24.3 Å². The standard InChI is InChI=1S/C19H22O4/c1-3-14-4-6-15(7-5-14)12-17(20)13-23-18-10-8-16(9-11-18)19(21)22-2/h4-11,17,20H,3,12-13H2,1-2H3. The van der Waals surface area contributed by atoms with Crippen molar-refractivity contribution in [3.05, 3.63) is 65.2 Å². The smallest absolute Gasteiger partial charge is 0.337 e. The van der Waals surface area contributed by atoms with E-state index in [1.165, 1.54) is 12.7 Å². The third-order valence-electron chi connectivity index (χ3n) is 3.62. The highest BCUT2D eigenvalue weighted by atomic mass is 16.5. The molecule has 0 fully saturated rings. The van der Waals surface area contributed by atoms with Gasteiger partial charge >= 0.3 is 5.97 Å². The fourth-order valence-electron chi connectivity index (χ4n) is 2.24. The first kappa shape index (κ1) is 17.0. The highest BCUT2D eigenvalue weighted by molar-refractivity contribution is 5.89. The number of hydrogen-bond acceptors (Lipinski definition) is 4. The lowest BCUT2D eigenvalue weighted by Gasteiger charge is -2.13. The van der Waals surface area contributed by atoms with Gasteiger partial charge in [0, 0.05) is 6.42 Å². The first-order valence-electron chi connectivity index (χ1n) is 7.69. The Labute approximate surface area is 136 Å². The van der Waals surface area contributed by atoms with Crippen LogP contribution in [0, 0.1) is 0 Å². The van der Waals surface area contributed by atoms with Crippen LogP contribution >= 0.6 is 0 Å². The van der Waals surface area contributed by atoms with Crippen molar-refractivity contribution in [1.82, 2.24) is 0 Å². The van der Waals surface area contributed by atoms with Crippen LogP contribution in [0.4, 0.5) is 0 Å². The van der Waals surface area contributed by atoms with E-state index >= 15 is 0 Å². The largest absolute Gasteiger partial charge is 0.491 e. The topological polar surface area (TPSA) is 55.8 Å². The molecular weight excluding hydrogens is 292 g/mol. The molecule has 4 heteroatoms. The summed E-state index contributed by atoms with van der Waals surface area (Å²) in [5.41, 5.74) is 2.83. The Kier molecular flexibility index (Phi) is 6.18. The van der Waals surface area contributed by atoms with Crippen LogP contribution in [0.1, 0.15) is 28.4 Å². The van der Waals surface area contributed by atoms with Crippen LogP contribution in [0.2, 0.25) is 0 Å². The van der Waals surface area contributed by atoms with Gasteiger partial charge in [-0.05, 0) is 41.8 Å². The van der Waals surface area contributed by atoms with Crippen LogP contribution in [-0.2, 0) is 17.6 Å². The molecule has 0 aliphatic carbocycles. The van der Waals surface area contributed by atoms with Gasteiger partial charge in [-0.1, -0.05) is 31.2 Å². The molecular formula is C19H22O4. The van der Waals surface area contributed by atoms with E-state index < -0.39 is 6.10 Å². The van der Waals surface area contributed by atoms with Crippen molar-refractivity contribution in [3.63, 3.8) is 0 Å². The molecule has 2 aromatic rings. The van der Waals surface area contributed by atoms with Crippen LogP contribution in [0.15, 0.2) is 48.5 Å². The minimum Gasteiger partial charge on any atom is -0.491 e. The fraction of sp³-hybridized carbons (Fsp3) is 0.316. The molecule has 122 valence electrons. The lowest BCUT2D eigenvalue weighted by Crippen LogP contribution is -2.20. The third kappa shape index (κ3) is 5.11. The quantitative estimate of drug-likeness (QED) is 0.798. The lowest BCUT2D eigenvalue weighted by molar-refractivity contribution is 0.0600. The summed E-state index contributed by atoms with van der Waals surface area (Å²) in [6.45, 7) is 2.32. The SMILES string of the molecule is CCc1ccc(CC(O)COc2ccc(C(=O)OC)cc2)cc1. The van der Waals surface area contributed by atoms with Crippen molar-refractivity contribution in [2.45, 2.75) is 25.9 Å². The maximum absolute atomic E-state index is 11.3. The van der Waals surface area contributed by atoms with Gasteiger partial charge in [-0.15, -0.1) is 0 Å². The molecule has 0 radical (unpaired) electrons. The van der Waals surface area contributed by atoms with E-state index in [0.717, 1.165) is 12.0 Å². The zero-order valence-corrected chi connectivity index (χ0v) is 13.5. The maximum Gasteiger partial charge on any atom is 0.337 e. The Balaban J connectivity index is 1.83. The molecule has 0 amide bonds. The molecule has 2 rings (SSSR count). The van der Waals surface area contributed by atoms with Gasteiger partial charge in [0.2, 0.25) is 0 Å². The van der Waals surface area contributed by atoms with Gasteiger partial charge in [-0.3, -0.25) is 0 Å². The van der Waals surface area contributed by atoms with Gasteiger partial charge < -0.3 is 14.6 Å². The molecule has 0 aromatic heterocycles. The van der Waals surface area contributed by atoms with Crippen LogP contribution in [0.5, 0.6) is 5.75 Å². The number of benzene rings is 2. The monoisotopic (exact) mass is 314 g/mol. The molecule has 0 saturated heterocycles. The Morgan fingerprint density at radius 3 is 2.22 bits per heavy atom. The second-order valence-electron chi connectivity index (χ2n) is 5.35. The van der Waals surface area contributed by atoms with Crippen molar-refractivity contribution in [2.75, 3.05) is 13.7 Å². The van der Waals surface area contributed by atoms with Gasteiger partial charge in [0.25, 0.3) is 0 Å². The molecule has 0 aliphatic rings. The summed E-state index contributed by atoms with van der Waals surface area (Å²) in [6, 6.07) is 14.9. The lowest BCUT2D eigenvalue weighted by atomic mass is 10.1. The minimum absolute atomic E-state index is 0.201. The summed E-state index contributed by atoms with van der Waals surface area (Å²) in [4.78, 5) is 11.3. The number of esters is 1. The van der Waals surface area contributed by atoms with E-state index in [2.05, 4.69) is 23.8 Å². The second kappa shape index (κ2) is 8.34. The predicted octanol–water partition coefficient (Wildman–Crippen LogP) is 3.02. The first-order chi connectivity index (χ1) is 11.1. The second-order valence-corrected chi connectivity index (χ2v) is 5.35. The van der Waals surface area contributed by atoms with Crippen LogP contribution in [0.3, 0.4) is 0 Å². The molecule has 0 heterocycles. The van der Waals surface area contributed by atoms with Crippen molar-refractivity contribution >= 4 is 5.97 Å². The highest BCUT2D eigenvalue weighted by Gasteiger charge is 2.08. The third-order valence-corrected chi connectivity index (χ3v) is 3.62. The number of ether oxygens (including phenoxy) is 2. The first-order valence-corrected chi connectivity index (χ1v) is 7.69. The summed E-state index contributed by atoms with van der Waals surface area (Å²) in [5.74, 6) is 0.227. The van der Waals surface area contributed by atoms with Gasteiger partial charge in [-0.25, -0.2) is 4.79 Å². The van der Waals surface area contributed by atoms with Crippen LogP contribution in [-0.4, -0.2) is 30.9 Å². The number of hydrogen-bond donors (Lipinski definition) is 1. The number of aliphatic hydroxyl groups is 1. The van der Waals surface area contributed by atoms with Crippen molar-refractivity contribution < 1.29 is 19.4 Å². The molecule has 2 aromatic carbocycles. The van der Waals surface area contributed by atoms with Crippen molar-refractivity contribution in [2.24, 2.45) is 0 Å². The average Bonchev–Trinajstić information content (AvgIpc) is 2.60. The summed E-state index contributed by atoms with van der Waals surface area (Å²) >= 11 is 0. The summed E-state index contributed by atoms with van der Waals surface area (Å²) in [7, 11) is 1.34. The molecule has 0 saturated carbocycles. The number of methoxy groups -OCH3 is 1. The normalized spacial score (nSPS) is 11.8. The number of carbonyl (C=O) groups excluding carboxylic acids is 1. The maximum atomic E-state index is 11.3. The van der Waals surface area contributed by atoms with E-state index in [-0.39, 0.29) is 12.6 Å². The predicted molar refractivity (Wildman–Crippen MR) is 88.8 cm³/mol. The van der Waals surface area contributed by atoms with E-state index in [4.69, 9.17) is 4.74 Å². The molecule has 23 heavy (non-hydrogen) atoms. The van der Waals surface area contributed by atoms with Crippen LogP contribution < -0.4 is 4.74 Å². The number of rotatable bonds is 7. The van der Waals surface area contributed by atoms with Gasteiger partial charge in [-0.2, -0.15) is 0 Å². The van der Waals surface area contributed by atoms with Gasteiger partial charge in [0.1, 0.15) is 12.4 Å². The van der Waals surface area contributed by atoms with Crippen molar-refractivity contribution in [1.29, 1.82) is 0 Å². The Morgan fingerprint density at radius 2 is 1.65 bits per heavy atom. The number of aryl methyl sites for hydroxylation is 1. The number of carbonyl (C=O) groups is 1. The molecule has 0 spiro atoms. The van der Waals surface area contributed by atoms with E-state index in [1.807, 2.05) is 12.1 Å². The molecule has 0 aliphatic heterocycles. The fourth-order valence-corrected chi connectivity index (χ4v) is 2.24. The Hall–Kier alpha value is -2.33. The van der Waals surface area contributed by atoms with Gasteiger partial charge in [0.05, 0.1) is 18.8 Å². The molecule has 1 unspecified atom stereocenters. The van der Waals surface area contributed by atoms with E-state index in [0.29, 0.717) is 17.7 Å². The molecule has 4 nitrogen and oxygen atoms in total. The summed E-state index contributed by atoms with van der Waals surface area (Å²) in [6.07, 6.45) is 0.973. The Bertz CT molecular complexity index is 617. The molecule has 1 atom stereocenters. The minimum atomic E-state index is -0.581. The molecule has 0 bridgehead atoms. The van der Waals surface area contributed by atoms with E-state index in [9.17, 15) is 9.90 Å². The van der Waals surface area contributed by atoms with Crippen LogP contribution in [0.25, 0.3) is 0 Å². The summed E-state index contributed by atoms with van der Waals surface area (Å²) < 4.78 is 10.2. The Morgan fingerprint density at radius 1 is 1.04 bits per heavy atom. The van der Waals surface area contributed by atoms with Gasteiger partial charge in [0.15, 0.2) is 0 Å². The number of aliphatic hydroxyl groups excluding tert-OH is 1. The zero-order valence-electron chi connectivity index (χ0n) is 13.5. The molecule has 1 N–H and O–H groups in total. The average molecular weight is 314 g/mol. The van der Waals surface area contributed by atoms with Crippen molar-refractivity contribution in [3.8, 4) is 5.75 Å².